The summed E-state index contributed by atoms with van der Waals surface area (Å²) in [6.45, 7) is 0.131. The number of likely N-dealkylation sites (N-methyl/N-ethyl adjacent to an activating group) is 1. The number of ether oxygens (including phenoxy) is 1. The van der Waals surface area contributed by atoms with Crippen molar-refractivity contribution >= 4 is 29.2 Å². The maximum absolute atomic E-state index is 12.4. The van der Waals surface area contributed by atoms with Crippen LogP contribution in [-0.2, 0) is 9.59 Å². The molecule has 0 radical (unpaired) electrons. The molecule has 0 fully saturated rings. The Morgan fingerprint density at radius 3 is 2.58 bits per heavy atom. The fourth-order valence-corrected chi connectivity index (χ4v) is 2.62. The zero-order chi connectivity index (χ0) is 17.1. The molecule has 1 aliphatic heterocycles. The highest BCUT2D eigenvalue weighted by Crippen LogP contribution is 2.36. The molecule has 0 spiro atoms. The largest absolute Gasteiger partial charge is 0.493 e. The highest BCUT2D eigenvalue weighted by atomic mass is 16.5. The van der Waals surface area contributed by atoms with Crippen LogP contribution in [0.2, 0.25) is 0 Å². The molecule has 0 saturated heterocycles. The Bertz CT molecular complexity index is 808. The van der Waals surface area contributed by atoms with E-state index in [-0.39, 0.29) is 18.9 Å². The molecule has 0 unspecified atom stereocenters. The van der Waals surface area contributed by atoms with Crippen molar-refractivity contribution in [2.75, 3.05) is 18.6 Å². The summed E-state index contributed by atoms with van der Waals surface area (Å²) in [5.74, 6) is -0.314. The molecule has 1 amide bonds. The molecule has 0 aromatic heterocycles. The Morgan fingerprint density at radius 1 is 1.17 bits per heavy atom. The van der Waals surface area contributed by atoms with Crippen LogP contribution in [-0.4, -0.2) is 30.6 Å². The average molecular weight is 323 g/mol. The van der Waals surface area contributed by atoms with Gasteiger partial charge in [-0.25, -0.2) is 0 Å². The summed E-state index contributed by atoms with van der Waals surface area (Å²) in [5.41, 5.74) is 3.37. The third-order valence-electron chi connectivity index (χ3n) is 3.87. The second-order valence-electron chi connectivity index (χ2n) is 5.50. The van der Waals surface area contributed by atoms with E-state index in [1.807, 2.05) is 42.5 Å². The molecule has 0 saturated carbocycles. The van der Waals surface area contributed by atoms with Crippen LogP contribution < -0.4 is 9.64 Å². The van der Waals surface area contributed by atoms with Crippen molar-refractivity contribution in [3.63, 3.8) is 0 Å². The van der Waals surface area contributed by atoms with E-state index in [4.69, 9.17) is 9.84 Å². The van der Waals surface area contributed by atoms with Crippen molar-refractivity contribution in [3.05, 3.63) is 59.7 Å². The van der Waals surface area contributed by atoms with Gasteiger partial charge in [-0.15, -0.1) is 0 Å². The summed E-state index contributed by atoms with van der Waals surface area (Å²) in [6, 6.07) is 14.9. The van der Waals surface area contributed by atoms with Crippen LogP contribution in [0.4, 0.5) is 5.69 Å². The molecule has 1 aliphatic rings. The maximum Gasteiger partial charge on any atom is 0.306 e. The van der Waals surface area contributed by atoms with Gasteiger partial charge >= 0.3 is 5.97 Å². The minimum absolute atomic E-state index is 0.0296. The van der Waals surface area contributed by atoms with Gasteiger partial charge in [-0.3, -0.25) is 9.59 Å². The molecule has 2 aromatic carbocycles. The minimum Gasteiger partial charge on any atom is -0.493 e. The van der Waals surface area contributed by atoms with Gasteiger partial charge in [-0.2, -0.15) is 0 Å². The molecule has 3 rings (SSSR count). The number of rotatable bonds is 5. The van der Waals surface area contributed by atoms with Gasteiger partial charge in [0.05, 0.1) is 18.7 Å². The average Bonchev–Trinajstić information content (AvgIpc) is 2.81. The number of carboxylic acids is 1. The Morgan fingerprint density at radius 2 is 1.88 bits per heavy atom. The molecular formula is C19H17NO4. The van der Waals surface area contributed by atoms with Crippen LogP contribution in [0.5, 0.6) is 5.75 Å². The number of nitrogens with zero attached hydrogens (tertiary/aromatic N) is 1. The first kappa shape index (κ1) is 15.8. The molecule has 0 aliphatic carbocycles. The van der Waals surface area contributed by atoms with Gasteiger partial charge in [-0.05, 0) is 29.8 Å². The Hall–Kier alpha value is -3.08. The number of fused-ring (bicyclic) bond motifs is 1. The maximum atomic E-state index is 12.4. The number of para-hydroxylation sites is 1. The van der Waals surface area contributed by atoms with E-state index < -0.39 is 5.97 Å². The molecule has 2 aromatic rings. The topological polar surface area (TPSA) is 66.8 Å². The van der Waals surface area contributed by atoms with Crippen LogP contribution in [0.1, 0.15) is 17.5 Å². The number of carbonyl (C=O) groups is 2. The van der Waals surface area contributed by atoms with E-state index in [9.17, 15) is 9.59 Å². The summed E-state index contributed by atoms with van der Waals surface area (Å²) in [6.07, 6.45) is 1.81. The van der Waals surface area contributed by atoms with Gasteiger partial charge in [0.25, 0.3) is 5.91 Å². The highest BCUT2D eigenvalue weighted by molar-refractivity contribution is 6.35. The first-order valence-electron chi connectivity index (χ1n) is 7.60. The highest BCUT2D eigenvalue weighted by Gasteiger charge is 2.28. The number of hydrogen-bond donors (Lipinski definition) is 1. The van der Waals surface area contributed by atoms with Crippen molar-refractivity contribution in [2.24, 2.45) is 0 Å². The Labute approximate surface area is 139 Å². The molecule has 0 bridgehead atoms. The fraction of sp³-hybridized carbons (Fsp3) is 0.158. The third-order valence-corrected chi connectivity index (χ3v) is 3.87. The van der Waals surface area contributed by atoms with E-state index in [0.29, 0.717) is 11.3 Å². The van der Waals surface area contributed by atoms with Gasteiger partial charge in [0.2, 0.25) is 0 Å². The molecule has 1 N–H and O–H groups in total. The summed E-state index contributed by atoms with van der Waals surface area (Å²) >= 11 is 0. The lowest BCUT2D eigenvalue weighted by Crippen LogP contribution is -2.20. The van der Waals surface area contributed by atoms with E-state index >= 15 is 0 Å². The number of carboxylic acid groups (broad SMARTS) is 1. The van der Waals surface area contributed by atoms with Crippen molar-refractivity contribution in [1.82, 2.24) is 0 Å². The van der Waals surface area contributed by atoms with E-state index in [1.54, 1.807) is 24.1 Å². The van der Waals surface area contributed by atoms with Gasteiger partial charge in [0.15, 0.2) is 0 Å². The monoisotopic (exact) mass is 323 g/mol. The van der Waals surface area contributed by atoms with Crippen LogP contribution in [0.3, 0.4) is 0 Å². The molecule has 24 heavy (non-hydrogen) atoms. The predicted octanol–water partition coefficient (Wildman–Crippen LogP) is 3.06. The van der Waals surface area contributed by atoms with Crippen molar-refractivity contribution in [1.29, 1.82) is 0 Å². The third kappa shape index (κ3) is 3.15. The normalized spacial score (nSPS) is 14.8. The quantitative estimate of drug-likeness (QED) is 0.859. The lowest BCUT2D eigenvalue weighted by Gasteiger charge is -2.08. The van der Waals surface area contributed by atoms with Crippen molar-refractivity contribution in [2.45, 2.75) is 6.42 Å². The molecule has 5 heteroatoms. The predicted molar refractivity (Wildman–Crippen MR) is 91.9 cm³/mol. The number of carbonyl (C=O) groups excluding carboxylic acids is 1. The fourth-order valence-electron chi connectivity index (χ4n) is 2.62. The second-order valence-corrected chi connectivity index (χ2v) is 5.50. The van der Waals surface area contributed by atoms with Gasteiger partial charge < -0.3 is 14.7 Å². The van der Waals surface area contributed by atoms with Crippen LogP contribution in [0, 0.1) is 0 Å². The van der Waals surface area contributed by atoms with Gasteiger partial charge in [0.1, 0.15) is 5.75 Å². The summed E-state index contributed by atoms with van der Waals surface area (Å²) in [7, 11) is 1.77. The zero-order valence-electron chi connectivity index (χ0n) is 13.2. The Kier molecular flexibility index (Phi) is 4.33. The minimum atomic E-state index is -0.890. The molecule has 1 heterocycles. The molecular weight excluding hydrogens is 306 g/mol. The number of hydrogen-bond acceptors (Lipinski definition) is 3. The van der Waals surface area contributed by atoms with Gasteiger partial charge in [-0.1, -0.05) is 30.3 Å². The number of amides is 1. The Balaban J connectivity index is 1.79. The first-order valence-corrected chi connectivity index (χ1v) is 7.60. The molecule has 122 valence electrons. The van der Waals surface area contributed by atoms with Crippen LogP contribution >= 0.6 is 0 Å². The number of anilines is 1. The standard InChI is InChI=1S/C19H17NO4/c1-20-17-5-3-2-4-15(17)16(19(20)23)12-13-6-8-14(9-7-13)24-11-10-18(21)22/h2-9,12H,10-11H2,1H3,(H,21,22)/b16-12+. The zero-order valence-corrected chi connectivity index (χ0v) is 13.2. The summed E-state index contributed by atoms with van der Waals surface area (Å²) in [5, 5.41) is 8.60. The first-order chi connectivity index (χ1) is 11.6. The summed E-state index contributed by atoms with van der Waals surface area (Å²) in [4.78, 5) is 24.5. The van der Waals surface area contributed by atoms with Crippen molar-refractivity contribution in [3.8, 4) is 5.75 Å². The van der Waals surface area contributed by atoms with E-state index in [1.165, 1.54) is 0 Å². The van der Waals surface area contributed by atoms with E-state index in [0.717, 1.165) is 16.8 Å². The van der Waals surface area contributed by atoms with E-state index in [2.05, 4.69) is 0 Å². The lowest BCUT2D eigenvalue weighted by atomic mass is 10.0. The van der Waals surface area contributed by atoms with Crippen LogP contribution in [0.25, 0.3) is 11.6 Å². The summed E-state index contributed by atoms with van der Waals surface area (Å²) < 4.78 is 5.36. The smallest absolute Gasteiger partial charge is 0.306 e. The van der Waals surface area contributed by atoms with Crippen molar-refractivity contribution < 1.29 is 19.4 Å². The van der Waals surface area contributed by atoms with Crippen LogP contribution in [0.15, 0.2) is 48.5 Å². The SMILES string of the molecule is CN1C(=O)/C(=C/c2ccc(OCCC(=O)O)cc2)c2ccccc21. The number of aliphatic carboxylic acids is 1. The lowest BCUT2D eigenvalue weighted by molar-refractivity contribution is -0.137. The number of benzene rings is 2. The molecule has 5 nitrogen and oxygen atoms in total. The van der Waals surface area contributed by atoms with Gasteiger partial charge in [0, 0.05) is 18.2 Å². The molecule has 0 atom stereocenters. The second kappa shape index (κ2) is 6.58.